The van der Waals surface area contributed by atoms with Crippen molar-refractivity contribution in [3.8, 4) is 0 Å². The van der Waals surface area contributed by atoms with E-state index in [1.165, 1.54) is 6.61 Å². The maximum absolute atomic E-state index is 7.98. The van der Waals surface area contributed by atoms with E-state index in [2.05, 4.69) is 4.89 Å². The zero-order valence-electron chi connectivity index (χ0n) is 7.09. The molecule has 0 saturated heterocycles. The molecule has 3 heteroatoms. The summed E-state index contributed by atoms with van der Waals surface area (Å²) in [6, 6.07) is 0. The summed E-state index contributed by atoms with van der Waals surface area (Å²) in [6.07, 6.45) is 0.966. The molecule has 0 aliphatic rings. The third-order valence-electron chi connectivity index (χ3n) is 1.28. The molecular formula is C7H16O2V. The van der Waals surface area contributed by atoms with Crippen molar-refractivity contribution < 1.29 is 28.7 Å². The van der Waals surface area contributed by atoms with Gasteiger partial charge in [0.2, 0.25) is 0 Å². The first-order valence-corrected chi connectivity index (χ1v) is 2.77. The molecule has 1 radical (unpaired) electrons. The summed E-state index contributed by atoms with van der Waals surface area (Å²) >= 11 is 0. The molecule has 0 rings (SSSR count). The summed E-state index contributed by atoms with van der Waals surface area (Å²) in [7, 11) is 0. The zero-order valence-corrected chi connectivity index (χ0v) is 8.48. The van der Waals surface area contributed by atoms with Gasteiger partial charge in [0.25, 0.3) is 0 Å². The van der Waals surface area contributed by atoms with Gasteiger partial charge in [0.05, 0.1) is 0 Å². The van der Waals surface area contributed by atoms with Gasteiger partial charge in [-0.3, -0.25) is 5.26 Å². The van der Waals surface area contributed by atoms with Crippen LogP contribution in [0.2, 0.25) is 0 Å². The van der Waals surface area contributed by atoms with Crippen LogP contribution in [0.15, 0.2) is 0 Å². The molecule has 0 aromatic carbocycles. The monoisotopic (exact) mass is 183 g/mol. The van der Waals surface area contributed by atoms with Gasteiger partial charge in [0, 0.05) is 0 Å². The van der Waals surface area contributed by atoms with Crippen LogP contribution in [0.1, 0.15) is 27.2 Å². The fraction of sp³-hybridized carbons (Fsp3) is 0.714. The summed E-state index contributed by atoms with van der Waals surface area (Å²) in [6.45, 7) is 7.44. The van der Waals surface area contributed by atoms with E-state index in [-0.39, 0.29) is 31.4 Å². The molecule has 0 fully saturated rings. The van der Waals surface area contributed by atoms with Crippen molar-refractivity contribution in [2.24, 2.45) is 5.41 Å². The standard InChI is InChI=1S/C6H13O2.CH3.V/c1-4-6(2,3)5-8-7;;/h5,7H,4H2,1-3H3;1H3;/q2*-1;+2. The molecule has 0 aromatic heterocycles. The van der Waals surface area contributed by atoms with Gasteiger partial charge in [0.15, 0.2) is 0 Å². The topological polar surface area (TPSA) is 29.5 Å². The minimum atomic E-state index is -0.00521. The van der Waals surface area contributed by atoms with Gasteiger partial charge in [-0.05, 0) is 0 Å². The maximum Gasteiger partial charge on any atom is 2.00 e. The molecule has 0 saturated carbocycles. The van der Waals surface area contributed by atoms with Crippen molar-refractivity contribution in [1.29, 1.82) is 0 Å². The van der Waals surface area contributed by atoms with E-state index in [1.807, 2.05) is 20.8 Å². The summed E-state index contributed by atoms with van der Waals surface area (Å²) in [5.41, 5.74) is -0.00521. The molecule has 0 spiro atoms. The Morgan fingerprint density at radius 1 is 1.50 bits per heavy atom. The van der Waals surface area contributed by atoms with Crippen molar-refractivity contribution >= 4 is 0 Å². The molecule has 0 heterocycles. The van der Waals surface area contributed by atoms with E-state index in [0.29, 0.717) is 0 Å². The average molecular weight is 183 g/mol. The van der Waals surface area contributed by atoms with Crippen LogP contribution in [0.3, 0.4) is 0 Å². The van der Waals surface area contributed by atoms with Gasteiger partial charge < -0.3 is 12.3 Å². The van der Waals surface area contributed by atoms with Gasteiger partial charge in [-0.25, -0.2) is 0 Å². The van der Waals surface area contributed by atoms with Gasteiger partial charge in [-0.15, -0.1) is 5.41 Å². The Bertz CT molecular complexity index is 64.6. The fourth-order valence-corrected chi connectivity index (χ4v) is 0.226. The molecule has 0 aliphatic heterocycles. The predicted molar refractivity (Wildman–Crippen MR) is 38.5 cm³/mol. The van der Waals surface area contributed by atoms with Gasteiger partial charge in [-0.2, -0.15) is 6.61 Å². The van der Waals surface area contributed by atoms with Crippen LogP contribution in [0.5, 0.6) is 0 Å². The minimum absolute atomic E-state index is 0. The largest absolute Gasteiger partial charge is 2.00 e. The van der Waals surface area contributed by atoms with E-state index in [4.69, 9.17) is 5.26 Å². The second-order valence-electron chi connectivity index (χ2n) is 2.57. The molecule has 10 heavy (non-hydrogen) atoms. The number of hydrogen-bond acceptors (Lipinski definition) is 2. The Hall–Kier alpha value is 0.504. The zero-order chi connectivity index (χ0) is 6.62. The van der Waals surface area contributed by atoms with Gasteiger partial charge in [0.1, 0.15) is 0 Å². The van der Waals surface area contributed by atoms with E-state index >= 15 is 0 Å². The minimum Gasteiger partial charge on any atom is -0.415 e. The Morgan fingerprint density at radius 2 is 1.90 bits per heavy atom. The number of hydrogen-bond donors (Lipinski definition) is 1. The van der Waals surface area contributed by atoms with E-state index < -0.39 is 0 Å². The van der Waals surface area contributed by atoms with Crippen LogP contribution in [0, 0.1) is 19.4 Å². The third-order valence-corrected chi connectivity index (χ3v) is 1.28. The Balaban J connectivity index is -0.000000245. The molecule has 0 atom stereocenters. The maximum atomic E-state index is 7.98. The smallest absolute Gasteiger partial charge is 0.415 e. The first-order chi connectivity index (χ1) is 3.62. The van der Waals surface area contributed by atoms with Crippen LogP contribution in [-0.2, 0) is 23.4 Å². The molecule has 0 aromatic rings. The first-order valence-electron chi connectivity index (χ1n) is 2.77. The molecule has 2 nitrogen and oxygen atoms in total. The summed E-state index contributed by atoms with van der Waals surface area (Å²) in [4.78, 5) is 3.87. The van der Waals surface area contributed by atoms with Crippen molar-refractivity contribution in [2.75, 3.05) is 0 Å². The van der Waals surface area contributed by atoms with Crippen molar-refractivity contribution in [3.05, 3.63) is 14.0 Å². The second kappa shape index (κ2) is 7.61. The normalized spacial score (nSPS) is 9.60. The molecule has 0 aliphatic carbocycles. The van der Waals surface area contributed by atoms with E-state index in [0.717, 1.165) is 6.42 Å². The van der Waals surface area contributed by atoms with Gasteiger partial charge >= 0.3 is 18.6 Å². The van der Waals surface area contributed by atoms with E-state index in [9.17, 15) is 0 Å². The first kappa shape index (κ1) is 16.8. The van der Waals surface area contributed by atoms with Gasteiger partial charge in [-0.1, -0.05) is 27.2 Å². The molecule has 61 valence electrons. The Kier molecular flexibility index (Phi) is 12.8. The van der Waals surface area contributed by atoms with Crippen molar-refractivity contribution in [1.82, 2.24) is 0 Å². The van der Waals surface area contributed by atoms with E-state index in [1.54, 1.807) is 0 Å². The van der Waals surface area contributed by atoms with Crippen molar-refractivity contribution in [2.45, 2.75) is 27.2 Å². The molecule has 1 N–H and O–H groups in total. The van der Waals surface area contributed by atoms with Crippen LogP contribution in [-0.4, -0.2) is 5.26 Å². The van der Waals surface area contributed by atoms with Crippen LogP contribution < -0.4 is 0 Å². The summed E-state index contributed by atoms with van der Waals surface area (Å²) < 4.78 is 0. The molecule has 0 unspecified atom stereocenters. The van der Waals surface area contributed by atoms with Crippen LogP contribution in [0.4, 0.5) is 0 Å². The fourth-order valence-electron chi connectivity index (χ4n) is 0.226. The van der Waals surface area contributed by atoms with Crippen LogP contribution in [0.25, 0.3) is 0 Å². The molecule has 0 bridgehead atoms. The number of rotatable bonds is 3. The molecular weight excluding hydrogens is 167 g/mol. The second-order valence-corrected chi connectivity index (χ2v) is 2.57. The quantitative estimate of drug-likeness (QED) is 0.414. The summed E-state index contributed by atoms with van der Waals surface area (Å²) in [5, 5.41) is 7.98. The Morgan fingerprint density at radius 3 is 2.00 bits per heavy atom. The summed E-state index contributed by atoms with van der Waals surface area (Å²) in [5.74, 6) is 0. The Labute approximate surface area is 75.8 Å². The molecule has 0 amide bonds. The average Bonchev–Trinajstić information content (AvgIpc) is 1.67. The predicted octanol–water partition coefficient (Wildman–Crippen LogP) is 2.52. The SMILES string of the molecule is CCC(C)(C)[CH-]OO.[CH3-].[V+2]. The van der Waals surface area contributed by atoms with Crippen molar-refractivity contribution in [3.63, 3.8) is 0 Å². The van der Waals surface area contributed by atoms with Crippen LogP contribution >= 0.6 is 0 Å². The third kappa shape index (κ3) is 8.50.